The number of hydrogen-bond acceptors (Lipinski definition) is 6. The fourth-order valence-electron chi connectivity index (χ4n) is 2.79. The van der Waals surface area contributed by atoms with Crippen molar-refractivity contribution in [1.82, 2.24) is 4.98 Å². The number of para-hydroxylation sites is 1. The van der Waals surface area contributed by atoms with Gasteiger partial charge >= 0.3 is 0 Å². The molecule has 0 fully saturated rings. The lowest BCUT2D eigenvalue weighted by atomic mass is 10.3. The molecule has 0 atom stereocenters. The molecule has 2 aromatic heterocycles. The molecular weight excluding hydrogens is 457 g/mol. The molecule has 158 valence electrons. The summed E-state index contributed by atoms with van der Waals surface area (Å²) in [6.45, 7) is 1.75. The standard InChI is InChI=1S/C21H16FN3O3S3/c1-13-19(30-21(23-13)18-10-5-11-29-18)20(26)24-14-6-4-7-15(12-14)31(27,28)25-17-9-3-2-8-16(17)22/h2-12,25H,1H3,(H,24,26). The quantitative estimate of drug-likeness (QED) is 0.394. The van der Waals surface area contributed by atoms with Gasteiger partial charge in [-0.1, -0.05) is 24.3 Å². The predicted molar refractivity (Wildman–Crippen MR) is 122 cm³/mol. The second-order valence-electron chi connectivity index (χ2n) is 6.48. The normalized spacial score (nSPS) is 11.3. The molecule has 6 nitrogen and oxygen atoms in total. The number of thiazole rings is 1. The first-order valence-corrected chi connectivity index (χ1v) is 12.2. The number of rotatable bonds is 6. The molecule has 0 aliphatic heterocycles. The van der Waals surface area contributed by atoms with Gasteiger partial charge < -0.3 is 5.32 Å². The molecular formula is C21H16FN3O3S3. The Morgan fingerprint density at radius 3 is 2.61 bits per heavy atom. The first-order chi connectivity index (χ1) is 14.8. The lowest BCUT2D eigenvalue weighted by Crippen LogP contribution is -2.15. The van der Waals surface area contributed by atoms with Crippen LogP contribution in [0.3, 0.4) is 0 Å². The van der Waals surface area contributed by atoms with Gasteiger partial charge in [-0.15, -0.1) is 22.7 Å². The number of aryl methyl sites for hydroxylation is 1. The molecule has 1 amide bonds. The van der Waals surface area contributed by atoms with Crippen molar-refractivity contribution in [3.63, 3.8) is 0 Å². The van der Waals surface area contributed by atoms with Gasteiger partial charge in [0.1, 0.15) is 15.7 Å². The maximum absolute atomic E-state index is 13.8. The number of carbonyl (C=O) groups is 1. The van der Waals surface area contributed by atoms with Crippen molar-refractivity contribution < 1.29 is 17.6 Å². The summed E-state index contributed by atoms with van der Waals surface area (Å²) < 4.78 is 41.4. The molecule has 4 aromatic rings. The molecule has 2 N–H and O–H groups in total. The average molecular weight is 474 g/mol. The summed E-state index contributed by atoms with van der Waals surface area (Å²) in [5, 5.41) is 5.40. The van der Waals surface area contributed by atoms with Crippen LogP contribution in [0.2, 0.25) is 0 Å². The van der Waals surface area contributed by atoms with Crippen molar-refractivity contribution in [2.75, 3.05) is 10.0 Å². The number of amides is 1. The predicted octanol–water partition coefficient (Wildman–Crippen LogP) is 5.37. The largest absolute Gasteiger partial charge is 0.321 e. The molecule has 0 unspecified atom stereocenters. The minimum atomic E-state index is -4.04. The summed E-state index contributed by atoms with van der Waals surface area (Å²) in [4.78, 5) is 18.5. The number of aromatic nitrogens is 1. The third kappa shape index (κ3) is 4.66. The number of halogens is 1. The Labute approximate surface area is 186 Å². The van der Waals surface area contributed by atoms with E-state index in [-0.39, 0.29) is 16.5 Å². The van der Waals surface area contributed by atoms with E-state index in [0.29, 0.717) is 16.3 Å². The number of anilines is 2. The smallest absolute Gasteiger partial charge is 0.267 e. The molecule has 2 heterocycles. The third-order valence-electron chi connectivity index (χ3n) is 4.26. The van der Waals surface area contributed by atoms with Crippen molar-refractivity contribution in [3.8, 4) is 9.88 Å². The van der Waals surface area contributed by atoms with Crippen LogP contribution in [0.5, 0.6) is 0 Å². The minimum Gasteiger partial charge on any atom is -0.321 e. The Bertz CT molecular complexity index is 1350. The van der Waals surface area contributed by atoms with Gasteiger partial charge in [-0.3, -0.25) is 9.52 Å². The van der Waals surface area contributed by atoms with E-state index in [1.165, 1.54) is 59.1 Å². The van der Waals surface area contributed by atoms with Crippen LogP contribution in [-0.2, 0) is 10.0 Å². The molecule has 0 aliphatic carbocycles. The van der Waals surface area contributed by atoms with E-state index in [2.05, 4.69) is 15.0 Å². The van der Waals surface area contributed by atoms with Crippen LogP contribution in [0.1, 0.15) is 15.4 Å². The van der Waals surface area contributed by atoms with E-state index in [0.717, 1.165) is 16.0 Å². The molecule has 0 spiro atoms. The summed E-state index contributed by atoms with van der Waals surface area (Å²) in [6, 6.07) is 15.1. The van der Waals surface area contributed by atoms with E-state index in [9.17, 15) is 17.6 Å². The number of hydrogen-bond donors (Lipinski definition) is 2. The molecule has 2 aromatic carbocycles. The SMILES string of the molecule is Cc1nc(-c2cccs2)sc1C(=O)Nc1cccc(S(=O)(=O)Nc2ccccc2F)c1. The Morgan fingerprint density at radius 1 is 1.06 bits per heavy atom. The Kier molecular flexibility index (Phi) is 5.86. The van der Waals surface area contributed by atoms with Crippen molar-refractivity contribution in [2.24, 2.45) is 0 Å². The van der Waals surface area contributed by atoms with Crippen molar-refractivity contribution in [2.45, 2.75) is 11.8 Å². The highest BCUT2D eigenvalue weighted by Crippen LogP contribution is 2.31. The van der Waals surface area contributed by atoms with Crippen LogP contribution < -0.4 is 10.0 Å². The Balaban J connectivity index is 1.55. The monoisotopic (exact) mass is 473 g/mol. The zero-order valence-corrected chi connectivity index (χ0v) is 18.6. The molecule has 0 aliphatic rings. The zero-order chi connectivity index (χ0) is 22.0. The lowest BCUT2D eigenvalue weighted by molar-refractivity contribution is 0.102. The average Bonchev–Trinajstić information content (AvgIpc) is 3.39. The van der Waals surface area contributed by atoms with Gasteiger partial charge in [0.25, 0.3) is 15.9 Å². The number of benzene rings is 2. The maximum atomic E-state index is 13.8. The van der Waals surface area contributed by atoms with Gasteiger partial charge in [-0.05, 0) is 48.7 Å². The fourth-order valence-corrected chi connectivity index (χ4v) is 5.66. The summed E-state index contributed by atoms with van der Waals surface area (Å²) in [6.07, 6.45) is 0. The number of nitrogens with zero attached hydrogens (tertiary/aromatic N) is 1. The summed E-state index contributed by atoms with van der Waals surface area (Å²) in [5.41, 5.74) is 0.737. The first-order valence-electron chi connectivity index (χ1n) is 9.03. The van der Waals surface area contributed by atoms with Gasteiger partial charge in [-0.25, -0.2) is 17.8 Å². The Morgan fingerprint density at radius 2 is 1.87 bits per heavy atom. The number of nitrogens with one attached hydrogen (secondary N) is 2. The maximum Gasteiger partial charge on any atom is 0.267 e. The van der Waals surface area contributed by atoms with E-state index in [1.54, 1.807) is 13.0 Å². The van der Waals surface area contributed by atoms with E-state index in [4.69, 9.17) is 0 Å². The second-order valence-corrected chi connectivity index (χ2v) is 10.1. The summed E-state index contributed by atoms with van der Waals surface area (Å²) >= 11 is 2.81. The van der Waals surface area contributed by atoms with E-state index in [1.807, 2.05) is 17.5 Å². The molecule has 4 rings (SSSR count). The fraction of sp³-hybridized carbons (Fsp3) is 0.0476. The zero-order valence-electron chi connectivity index (χ0n) is 16.1. The number of sulfonamides is 1. The van der Waals surface area contributed by atoms with Gasteiger partial charge in [0.15, 0.2) is 0 Å². The molecule has 31 heavy (non-hydrogen) atoms. The lowest BCUT2D eigenvalue weighted by Gasteiger charge is -2.10. The van der Waals surface area contributed by atoms with Crippen molar-refractivity contribution in [3.05, 3.63) is 82.4 Å². The van der Waals surface area contributed by atoms with Crippen molar-refractivity contribution >= 4 is 50.0 Å². The van der Waals surface area contributed by atoms with Gasteiger partial charge in [0.05, 0.1) is 21.2 Å². The van der Waals surface area contributed by atoms with Gasteiger partial charge in [0.2, 0.25) is 0 Å². The Hall–Kier alpha value is -3.08. The van der Waals surface area contributed by atoms with Crippen LogP contribution >= 0.6 is 22.7 Å². The minimum absolute atomic E-state index is 0.103. The van der Waals surface area contributed by atoms with Crippen LogP contribution in [0.25, 0.3) is 9.88 Å². The summed E-state index contributed by atoms with van der Waals surface area (Å²) in [5.74, 6) is -1.06. The highest BCUT2D eigenvalue weighted by Gasteiger charge is 2.19. The number of carbonyl (C=O) groups excluding carboxylic acids is 1. The second kappa shape index (κ2) is 8.58. The number of thiophene rings is 1. The topological polar surface area (TPSA) is 88.2 Å². The van der Waals surface area contributed by atoms with E-state index < -0.39 is 15.8 Å². The highest BCUT2D eigenvalue weighted by molar-refractivity contribution is 7.92. The van der Waals surface area contributed by atoms with E-state index >= 15 is 0 Å². The van der Waals surface area contributed by atoms with Crippen LogP contribution in [-0.4, -0.2) is 19.3 Å². The molecule has 0 bridgehead atoms. The molecule has 0 radical (unpaired) electrons. The van der Waals surface area contributed by atoms with Crippen LogP contribution in [0.4, 0.5) is 15.8 Å². The van der Waals surface area contributed by atoms with Crippen LogP contribution in [0.15, 0.2) is 70.9 Å². The third-order valence-corrected chi connectivity index (χ3v) is 7.81. The van der Waals surface area contributed by atoms with Crippen molar-refractivity contribution in [1.29, 1.82) is 0 Å². The van der Waals surface area contributed by atoms with Crippen LogP contribution in [0, 0.1) is 12.7 Å². The molecule has 0 saturated carbocycles. The molecule has 10 heteroatoms. The highest BCUT2D eigenvalue weighted by atomic mass is 32.2. The summed E-state index contributed by atoms with van der Waals surface area (Å²) in [7, 11) is -4.04. The van der Waals surface area contributed by atoms with Gasteiger partial charge in [-0.2, -0.15) is 0 Å². The molecule has 0 saturated heterocycles. The van der Waals surface area contributed by atoms with Gasteiger partial charge in [0, 0.05) is 5.69 Å². The first kappa shape index (κ1) is 21.2.